The highest BCUT2D eigenvalue weighted by atomic mass is 16.2. The SMILES string of the molecule is Nc1ccc2c(n1)CCC2NC(=O)c1cn(Cc2ccc(CN3CC4CC4C3)cc2)nn1. The maximum absolute atomic E-state index is 12.7. The van der Waals surface area contributed by atoms with Crippen molar-refractivity contribution in [3.63, 3.8) is 0 Å². The molecule has 3 unspecified atom stereocenters. The Bertz CT molecular complexity index is 1150. The van der Waals surface area contributed by atoms with Gasteiger partial charge in [0.15, 0.2) is 5.69 Å². The second kappa shape index (κ2) is 7.70. The highest BCUT2D eigenvalue weighted by Gasteiger charge is 2.44. The number of nitrogen functional groups attached to an aromatic ring is 1. The molecule has 3 N–H and O–H groups in total. The Labute approximate surface area is 186 Å². The summed E-state index contributed by atoms with van der Waals surface area (Å²) in [6, 6.07) is 12.3. The fraction of sp³-hybridized carbons (Fsp3) is 0.417. The van der Waals surface area contributed by atoms with E-state index in [4.69, 9.17) is 5.73 Å². The summed E-state index contributed by atoms with van der Waals surface area (Å²) in [7, 11) is 0. The molecule has 3 aliphatic rings. The lowest BCUT2D eigenvalue weighted by molar-refractivity contribution is 0.0931. The van der Waals surface area contributed by atoms with E-state index in [1.165, 1.54) is 25.1 Å². The minimum Gasteiger partial charge on any atom is -0.384 e. The van der Waals surface area contributed by atoms with E-state index in [9.17, 15) is 4.79 Å². The number of nitrogens with one attached hydrogen (secondary N) is 1. The molecule has 8 heteroatoms. The van der Waals surface area contributed by atoms with Crippen LogP contribution in [0.15, 0.2) is 42.6 Å². The first-order valence-electron chi connectivity index (χ1n) is 11.4. The zero-order chi connectivity index (χ0) is 21.7. The summed E-state index contributed by atoms with van der Waals surface area (Å²) in [5, 5.41) is 11.3. The highest BCUT2D eigenvalue weighted by molar-refractivity contribution is 5.92. The van der Waals surface area contributed by atoms with E-state index >= 15 is 0 Å². The Morgan fingerprint density at radius 1 is 1.06 bits per heavy atom. The molecule has 3 heterocycles. The van der Waals surface area contributed by atoms with E-state index in [2.05, 4.69) is 49.8 Å². The quantitative estimate of drug-likeness (QED) is 0.623. The number of aromatic nitrogens is 4. The van der Waals surface area contributed by atoms with Crippen LogP contribution in [-0.4, -0.2) is 43.9 Å². The zero-order valence-electron chi connectivity index (χ0n) is 17.9. The molecule has 0 spiro atoms. The normalized spacial score (nSPS) is 23.7. The summed E-state index contributed by atoms with van der Waals surface area (Å²) in [5.41, 5.74) is 10.6. The molecule has 1 saturated carbocycles. The van der Waals surface area contributed by atoms with Crippen molar-refractivity contribution < 1.29 is 4.79 Å². The fourth-order valence-corrected chi connectivity index (χ4v) is 5.16. The predicted molar refractivity (Wildman–Crippen MR) is 120 cm³/mol. The van der Waals surface area contributed by atoms with Gasteiger partial charge >= 0.3 is 0 Å². The smallest absolute Gasteiger partial charge is 0.273 e. The first kappa shape index (κ1) is 19.4. The largest absolute Gasteiger partial charge is 0.384 e. The van der Waals surface area contributed by atoms with Crippen molar-refractivity contribution in [3.8, 4) is 0 Å². The number of hydrogen-bond acceptors (Lipinski definition) is 6. The minimum atomic E-state index is -0.218. The molecule has 6 rings (SSSR count). The van der Waals surface area contributed by atoms with Gasteiger partial charge in [0, 0.05) is 25.3 Å². The third-order valence-electron chi connectivity index (χ3n) is 6.98. The lowest BCUT2D eigenvalue weighted by Gasteiger charge is -2.17. The monoisotopic (exact) mass is 429 g/mol. The maximum Gasteiger partial charge on any atom is 0.273 e. The van der Waals surface area contributed by atoms with Crippen LogP contribution in [0.4, 0.5) is 5.82 Å². The maximum atomic E-state index is 12.7. The minimum absolute atomic E-state index is 0.0650. The number of hydrogen-bond donors (Lipinski definition) is 2. The Morgan fingerprint density at radius 3 is 2.59 bits per heavy atom. The molecular formula is C24H27N7O. The summed E-state index contributed by atoms with van der Waals surface area (Å²) in [6.07, 6.45) is 4.77. The number of aryl methyl sites for hydroxylation is 1. The van der Waals surface area contributed by atoms with Crippen molar-refractivity contribution in [1.29, 1.82) is 0 Å². The number of fused-ring (bicyclic) bond motifs is 2. The molecule has 8 nitrogen and oxygen atoms in total. The Morgan fingerprint density at radius 2 is 1.81 bits per heavy atom. The van der Waals surface area contributed by atoms with Crippen molar-refractivity contribution in [1.82, 2.24) is 30.2 Å². The number of benzene rings is 1. The number of likely N-dealkylation sites (tertiary alicyclic amines) is 1. The lowest BCUT2D eigenvalue weighted by atomic mass is 10.1. The van der Waals surface area contributed by atoms with Crippen molar-refractivity contribution in [2.45, 2.75) is 38.4 Å². The summed E-state index contributed by atoms with van der Waals surface area (Å²) in [6.45, 7) is 4.14. The molecule has 32 heavy (non-hydrogen) atoms. The van der Waals surface area contributed by atoms with Gasteiger partial charge in [-0.05, 0) is 53.9 Å². The van der Waals surface area contributed by atoms with Crippen LogP contribution in [-0.2, 0) is 19.5 Å². The molecule has 1 aromatic carbocycles. The van der Waals surface area contributed by atoms with Gasteiger partial charge < -0.3 is 11.1 Å². The number of nitrogens with zero attached hydrogens (tertiary/aromatic N) is 5. The molecule has 1 amide bonds. The van der Waals surface area contributed by atoms with Crippen molar-refractivity contribution in [3.05, 3.63) is 70.7 Å². The molecule has 0 bridgehead atoms. The van der Waals surface area contributed by atoms with Crippen LogP contribution in [0.5, 0.6) is 0 Å². The van der Waals surface area contributed by atoms with Crippen LogP contribution >= 0.6 is 0 Å². The average Bonchev–Trinajstić information content (AvgIpc) is 3.14. The van der Waals surface area contributed by atoms with Gasteiger partial charge in [0.25, 0.3) is 5.91 Å². The lowest BCUT2D eigenvalue weighted by Crippen LogP contribution is -2.27. The Kier molecular flexibility index (Phi) is 4.68. The van der Waals surface area contributed by atoms with E-state index in [0.29, 0.717) is 18.1 Å². The second-order valence-electron chi connectivity index (χ2n) is 9.40. The molecule has 2 aliphatic carbocycles. The number of pyridine rings is 1. The van der Waals surface area contributed by atoms with Crippen LogP contribution in [0.1, 0.15) is 51.8 Å². The van der Waals surface area contributed by atoms with Crippen molar-refractivity contribution in [2.75, 3.05) is 18.8 Å². The molecule has 1 saturated heterocycles. The summed E-state index contributed by atoms with van der Waals surface area (Å²) >= 11 is 0. The molecule has 3 aromatic rings. The Balaban J connectivity index is 1.05. The Hall–Kier alpha value is -3.26. The summed E-state index contributed by atoms with van der Waals surface area (Å²) in [4.78, 5) is 19.6. The third-order valence-corrected chi connectivity index (χ3v) is 6.98. The van der Waals surface area contributed by atoms with Gasteiger partial charge in [-0.15, -0.1) is 5.10 Å². The second-order valence-corrected chi connectivity index (χ2v) is 9.40. The first-order chi connectivity index (χ1) is 15.6. The van der Waals surface area contributed by atoms with E-state index in [0.717, 1.165) is 48.0 Å². The molecule has 164 valence electrons. The molecule has 3 atom stereocenters. The highest BCUT2D eigenvalue weighted by Crippen LogP contribution is 2.45. The van der Waals surface area contributed by atoms with Gasteiger partial charge in [-0.25, -0.2) is 9.67 Å². The van der Waals surface area contributed by atoms with Crippen LogP contribution in [0.2, 0.25) is 0 Å². The van der Waals surface area contributed by atoms with E-state index < -0.39 is 0 Å². The number of piperidine rings is 1. The summed E-state index contributed by atoms with van der Waals surface area (Å²) in [5.74, 6) is 2.22. The molecular weight excluding hydrogens is 402 g/mol. The first-order valence-corrected chi connectivity index (χ1v) is 11.4. The number of carbonyl (C=O) groups excluding carboxylic acids is 1. The van der Waals surface area contributed by atoms with Crippen LogP contribution in [0, 0.1) is 11.8 Å². The van der Waals surface area contributed by atoms with Crippen LogP contribution in [0.3, 0.4) is 0 Å². The van der Waals surface area contributed by atoms with E-state index in [1.54, 1.807) is 16.9 Å². The van der Waals surface area contributed by atoms with E-state index in [-0.39, 0.29) is 11.9 Å². The number of carbonyl (C=O) groups is 1. The van der Waals surface area contributed by atoms with Gasteiger partial charge in [-0.3, -0.25) is 9.69 Å². The van der Waals surface area contributed by atoms with Crippen molar-refractivity contribution >= 4 is 11.7 Å². The number of rotatable bonds is 6. The molecule has 2 aromatic heterocycles. The van der Waals surface area contributed by atoms with Crippen LogP contribution in [0.25, 0.3) is 0 Å². The van der Waals surface area contributed by atoms with Crippen molar-refractivity contribution in [2.24, 2.45) is 11.8 Å². The zero-order valence-corrected chi connectivity index (χ0v) is 17.9. The van der Waals surface area contributed by atoms with Crippen LogP contribution < -0.4 is 11.1 Å². The molecule has 0 radical (unpaired) electrons. The van der Waals surface area contributed by atoms with Gasteiger partial charge in [0.1, 0.15) is 5.82 Å². The van der Waals surface area contributed by atoms with Gasteiger partial charge in [-0.1, -0.05) is 35.5 Å². The number of anilines is 1. The summed E-state index contributed by atoms with van der Waals surface area (Å²) < 4.78 is 1.71. The average molecular weight is 430 g/mol. The van der Waals surface area contributed by atoms with E-state index in [1.807, 2.05) is 6.07 Å². The predicted octanol–water partition coefficient (Wildman–Crippen LogP) is 2.17. The number of amides is 1. The standard InChI is InChI=1S/C24H27N7O/c25-23-8-5-19-20(26-23)6-7-21(19)27-24(32)22-14-31(29-28-22)11-16-3-1-15(2-4-16)10-30-12-17-9-18(17)13-30/h1-5,8,14,17-18,21H,6-7,9-13H2,(H2,25,26)(H,27,32). The molecule has 1 aliphatic heterocycles. The third kappa shape index (κ3) is 3.86. The number of nitrogens with two attached hydrogens (primary N) is 1. The van der Waals surface area contributed by atoms with Gasteiger partial charge in [0.05, 0.1) is 18.8 Å². The van der Waals surface area contributed by atoms with Gasteiger partial charge in [-0.2, -0.15) is 0 Å². The molecule has 2 fully saturated rings. The van der Waals surface area contributed by atoms with Gasteiger partial charge in [0.2, 0.25) is 0 Å². The topological polar surface area (TPSA) is 102 Å². The fourth-order valence-electron chi connectivity index (χ4n) is 5.16.